The summed E-state index contributed by atoms with van der Waals surface area (Å²) in [6, 6.07) is 2.22. The van der Waals surface area contributed by atoms with Gasteiger partial charge in [0.25, 0.3) is 0 Å². The Kier molecular flexibility index (Phi) is 5.92. The summed E-state index contributed by atoms with van der Waals surface area (Å²) in [5, 5.41) is 3.69. The van der Waals surface area contributed by atoms with Gasteiger partial charge < -0.3 is 5.32 Å². The maximum Gasteiger partial charge on any atom is 0.0195 e. The summed E-state index contributed by atoms with van der Waals surface area (Å²) < 4.78 is 0. The first-order valence-electron chi connectivity index (χ1n) is 8.98. The summed E-state index contributed by atoms with van der Waals surface area (Å²) in [4.78, 5) is 2.84. The van der Waals surface area contributed by atoms with E-state index in [2.05, 4.69) is 44.8 Å². The molecule has 2 nitrogen and oxygen atoms in total. The molecule has 1 aliphatic heterocycles. The molecule has 2 heteroatoms. The Hall–Kier alpha value is -0.0800. The summed E-state index contributed by atoms with van der Waals surface area (Å²) in [5.74, 6) is 2.63. The van der Waals surface area contributed by atoms with Gasteiger partial charge in [0.2, 0.25) is 0 Å². The highest BCUT2D eigenvalue weighted by molar-refractivity contribution is 4.91. The molecule has 0 amide bonds. The summed E-state index contributed by atoms with van der Waals surface area (Å²) in [5.41, 5.74) is 0. The zero-order valence-electron chi connectivity index (χ0n) is 14.4. The van der Waals surface area contributed by atoms with Crippen LogP contribution >= 0.6 is 0 Å². The van der Waals surface area contributed by atoms with E-state index in [4.69, 9.17) is 0 Å². The Bertz CT molecular complexity index is 281. The molecule has 118 valence electrons. The highest BCUT2D eigenvalue weighted by Crippen LogP contribution is 2.37. The van der Waals surface area contributed by atoms with Gasteiger partial charge in [0.1, 0.15) is 0 Å². The fourth-order valence-corrected chi connectivity index (χ4v) is 4.43. The lowest BCUT2D eigenvalue weighted by atomic mass is 9.73. The molecule has 1 saturated carbocycles. The van der Waals surface area contributed by atoms with E-state index in [-0.39, 0.29) is 0 Å². The molecule has 2 aliphatic rings. The third-order valence-corrected chi connectivity index (χ3v) is 5.67. The largest absolute Gasteiger partial charge is 0.313 e. The van der Waals surface area contributed by atoms with Crippen LogP contribution in [0.25, 0.3) is 0 Å². The molecule has 1 aliphatic carbocycles. The standard InChI is InChI=1S/C18H36N2/c1-13(2)17-9-8-15(5)11-18(17)20(14(3)4)12-16-7-6-10-19-16/h13-19H,6-12H2,1-5H3. The summed E-state index contributed by atoms with van der Waals surface area (Å²) in [7, 11) is 0. The minimum Gasteiger partial charge on any atom is -0.313 e. The Balaban J connectivity index is 2.07. The average Bonchev–Trinajstić information content (AvgIpc) is 2.87. The molecule has 4 unspecified atom stereocenters. The van der Waals surface area contributed by atoms with Gasteiger partial charge in [-0.25, -0.2) is 0 Å². The van der Waals surface area contributed by atoms with Crippen molar-refractivity contribution in [3.63, 3.8) is 0 Å². The molecule has 1 N–H and O–H groups in total. The molecule has 0 aromatic heterocycles. The lowest BCUT2D eigenvalue weighted by Gasteiger charge is -2.46. The van der Waals surface area contributed by atoms with Crippen LogP contribution in [0.4, 0.5) is 0 Å². The predicted octanol–water partition coefficient (Wildman–Crippen LogP) is 3.91. The first-order chi connectivity index (χ1) is 9.49. The van der Waals surface area contributed by atoms with Crippen LogP contribution in [0, 0.1) is 17.8 Å². The molecule has 1 heterocycles. The Morgan fingerprint density at radius 2 is 1.85 bits per heavy atom. The Morgan fingerprint density at radius 1 is 1.10 bits per heavy atom. The van der Waals surface area contributed by atoms with E-state index >= 15 is 0 Å². The van der Waals surface area contributed by atoms with Crippen molar-refractivity contribution < 1.29 is 0 Å². The molecule has 0 spiro atoms. The van der Waals surface area contributed by atoms with Crippen molar-refractivity contribution in [3.05, 3.63) is 0 Å². The molecular formula is C18H36N2. The maximum atomic E-state index is 3.69. The number of nitrogens with one attached hydrogen (secondary N) is 1. The van der Waals surface area contributed by atoms with E-state index in [1.807, 2.05) is 0 Å². The van der Waals surface area contributed by atoms with Gasteiger partial charge in [0, 0.05) is 24.7 Å². The van der Waals surface area contributed by atoms with E-state index in [0.29, 0.717) is 6.04 Å². The molecule has 0 aromatic carbocycles. The van der Waals surface area contributed by atoms with Crippen LogP contribution in [0.5, 0.6) is 0 Å². The van der Waals surface area contributed by atoms with Crippen molar-refractivity contribution in [2.45, 2.75) is 84.8 Å². The van der Waals surface area contributed by atoms with Crippen molar-refractivity contribution in [2.24, 2.45) is 17.8 Å². The van der Waals surface area contributed by atoms with Gasteiger partial charge in [-0.1, -0.05) is 27.2 Å². The van der Waals surface area contributed by atoms with E-state index in [9.17, 15) is 0 Å². The fraction of sp³-hybridized carbons (Fsp3) is 1.00. The first-order valence-corrected chi connectivity index (χ1v) is 8.98. The van der Waals surface area contributed by atoms with Crippen LogP contribution in [0.15, 0.2) is 0 Å². The van der Waals surface area contributed by atoms with Gasteiger partial charge in [0.05, 0.1) is 0 Å². The second-order valence-electron chi connectivity index (χ2n) is 7.98. The molecule has 2 rings (SSSR count). The van der Waals surface area contributed by atoms with Crippen molar-refractivity contribution in [2.75, 3.05) is 13.1 Å². The molecule has 0 radical (unpaired) electrons. The zero-order chi connectivity index (χ0) is 14.7. The Morgan fingerprint density at radius 3 is 2.40 bits per heavy atom. The van der Waals surface area contributed by atoms with Crippen LogP contribution in [-0.4, -0.2) is 36.1 Å². The highest BCUT2D eigenvalue weighted by Gasteiger charge is 2.36. The number of rotatable bonds is 5. The first kappa shape index (κ1) is 16.3. The molecular weight excluding hydrogens is 244 g/mol. The molecule has 0 bridgehead atoms. The minimum atomic E-state index is 0.675. The smallest absolute Gasteiger partial charge is 0.0195 e. The van der Waals surface area contributed by atoms with Crippen molar-refractivity contribution in [3.8, 4) is 0 Å². The molecule has 0 aromatic rings. The second-order valence-corrected chi connectivity index (χ2v) is 7.98. The second kappa shape index (κ2) is 7.26. The fourth-order valence-electron chi connectivity index (χ4n) is 4.43. The third-order valence-electron chi connectivity index (χ3n) is 5.67. The van der Waals surface area contributed by atoms with E-state index in [1.54, 1.807) is 0 Å². The van der Waals surface area contributed by atoms with Crippen LogP contribution in [-0.2, 0) is 0 Å². The number of hydrogen-bond acceptors (Lipinski definition) is 2. The summed E-state index contributed by atoms with van der Waals surface area (Å²) in [6.07, 6.45) is 7.02. The lowest BCUT2D eigenvalue weighted by molar-refractivity contribution is 0.0326. The van der Waals surface area contributed by atoms with Crippen molar-refractivity contribution in [1.82, 2.24) is 10.2 Å². The lowest BCUT2D eigenvalue weighted by Crippen LogP contribution is -2.52. The van der Waals surface area contributed by atoms with Crippen LogP contribution < -0.4 is 5.32 Å². The molecule has 2 fully saturated rings. The van der Waals surface area contributed by atoms with E-state index < -0.39 is 0 Å². The predicted molar refractivity (Wildman–Crippen MR) is 88.0 cm³/mol. The van der Waals surface area contributed by atoms with Gasteiger partial charge >= 0.3 is 0 Å². The zero-order valence-corrected chi connectivity index (χ0v) is 14.4. The maximum absolute atomic E-state index is 3.69. The SMILES string of the molecule is CC1CCC(C(C)C)C(N(CC2CCCN2)C(C)C)C1. The summed E-state index contributed by atoms with van der Waals surface area (Å²) in [6.45, 7) is 14.6. The minimum absolute atomic E-state index is 0.675. The van der Waals surface area contributed by atoms with E-state index in [0.717, 1.165) is 29.8 Å². The van der Waals surface area contributed by atoms with Gasteiger partial charge in [-0.15, -0.1) is 0 Å². The molecule has 4 atom stereocenters. The Labute approximate surface area is 126 Å². The third kappa shape index (κ3) is 3.98. The average molecular weight is 280 g/mol. The van der Waals surface area contributed by atoms with Gasteiger partial charge in [-0.2, -0.15) is 0 Å². The summed E-state index contributed by atoms with van der Waals surface area (Å²) >= 11 is 0. The molecule has 20 heavy (non-hydrogen) atoms. The van der Waals surface area contributed by atoms with Crippen LogP contribution in [0.1, 0.15) is 66.7 Å². The van der Waals surface area contributed by atoms with Gasteiger partial charge in [0.15, 0.2) is 0 Å². The van der Waals surface area contributed by atoms with Gasteiger partial charge in [-0.05, 0) is 63.8 Å². The van der Waals surface area contributed by atoms with Crippen LogP contribution in [0.3, 0.4) is 0 Å². The van der Waals surface area contributed by atoms with E-state index in [1.165, 1.54) is 45.2 Å². The van der Waals surface area contributed by atoms with Crippen molar-refractivity contribution >= 4 is 0 Å². The topological polar surface area (TPSA) is 15.3 Å². The molecule has 1 saturated heterocycles. The van der Waals surface area contributed by atoms with Gasteiger partial charge in [-0.3, -0.25) is 4.90 Å². The normalized spacial score (nSPS) is 35.4. The monoisotopic (exact) mass is 280 g/mol. The number of hydrogen-bond donors (Lipinski definition) is 1. The van der Waals surface area contributed by atoms with Crippen molar-refractivity contribution in [1.29, 1.82) is 0 Å². The van der Waals surface area contributed by atoms with Crippen LogP contribution in [0.2, 0.25) is 0 Å². The highest BCUT2D eigenvalue weighted by atomic mass is 15.2. The quantitative estimate of drug-likeness (QED) is 0.821. The number of nitrogens with zero attached hydrogens (tertiary/aromatic N) is 1.